The Labute approximate surface area is 153 Å². The van der Waals surface area contributed by atoms with Crippen molar-refractivity contribution >= 4 is 33.4 Å². The van der Waals surface area contributed by atoms with Gasteiger partial charge in [0.2, 0.25) is 0 Å². The van der Waals surface area contributed by atoms with Gasteiger partial charge < -0.3 is 9.47 Å². The summed E-state index contributed by atoms with van der Waals surface area (Å²) in [6.45, 7) is 1.97. The van der Waals surface area contributed by atoms with Crippen molar-refractivity contribution in [1.29, 1.82) is 0 Å². The van der Waals surface area contributed by atoms with Gasteiger partial charge in [0.05, 0.1) is 10.6 Å². The number of carbonyl (C=O) groups excluding carboxylic acids is 1. The van der Waals surface area contributed by atoms with E-state index in [-0.39, 0.29) is 17.4 Å². The third kappa shape index (κ3) is 2.70. The number of hydrogen-bond donors (Lipinski definition) is 0. The van der Waals surface area contributed by atoms with E-state index in [4.69, 9.17) is 11.6 Å². The quantitative estimate of drug-likeness (QED) is 0.726. The van der Waals surface area contributed by atoms with Crippen LogP contribution in [0, 0.1) is 5.92 Å². The SMILES string of the molecule is O=C(c1cc(Br)ccc1Cl)N1CC2CC(C1)c1cccc(=O)n1C2. The fourth-order valence-electron chi connectivity index (χ4n) is 3.89. The molecule has 1 aromatic carbocycles. The molecule has 6 heteroatoms. The van der Waals surface area contributed by atoms with Gasteiger partial charge in [0.15, 0.2) is 0 Å². The number of hydrogen-bond acceptors (Lipinski definition) is 2. The van der Waals surface area contributed by atoms with E-state index in [2.05, 4.69) is 15.9 Å². The van der Waals surface area contributed by atoms with Crippen molar-refractivity contribution in [3.05, 3.63) is 67.5 Å². The predicted octanol–water partition coefficient (Wildman–Crippen LogP) is 3.52. The minimum absolute atomic E-state index is 0.0391. The zero-order valence-corrected chi connectivity index (χ0v) is 15.3. The average Bonchev–Trinajstić information content (AvgIpc) is 2.57. The molecule has 2 aliphatic heterocycles. The molecule has 2 aromatic rings. The maximum absolute atomic E-state index is 12.9. The summed E-state index contributed by atoms with van der Waals surface area (Å²) in [5.74, 6) is 0.482. The number of amides is 1. The van der Waals surface area contributed by atoms with Crippen LogP contribution in [-0.4, -0.2) is 28.5 Å². The van der Waals surface area contributed by atoms with Gasteiger partial charge in [-0.25, -0.2) is 0 Å². The highest BCUT2D eigenvalue weighted by Crippen LogP contribution is 2.36. The summed E-state index contributed by atoms with van der Waals surface area (Å²) in [6.07, 6.45) is 1.03. The Kier molecular flexibility index (Phi) is 4.01. The highest BCUT2D eigenvalue weighted by atomic mass is 79.9. The number of pyridine rings is 1. The van der Waals surface area contributed by atoms with Crippen molar-refractivity contribution in [2.75, 3.05) is 13.1 Å². The molecule has 1 fully saturated rings. The molecule has 1 aromatic heterocycles. The van der Waals surface area contributed by atoms with E-state index in [1.54, 1.807) is 24.3 Å². The molecule has 1 saturated heterocycles. The normalized spacial score (nSPS) is 22.2. The second-order valence-electron chi connectivity index (χ2n) is 6.53. The van der Waals surface area contributed by atoms with Crippen molar-refractivity contribution in [1.82, 2.24) is 9.47 Å². The predicted molar refractivity (Wildman–Crippen MR) is 96.6 cm³/mol. The standard InChI is InChI=1S/C18H16BrClN2O2/c19-13-4-5-15(20)14(7-13)18(24)21-8-11-6-12(10-21)16-2-1-3-17(23)22(16)9-11/h1-5,7,11-12H,6,8-10H2. The Hall–Kier alpha value is -1.59. The summed E-state index contributed by atoms with van der Waals surface area (Å²) < 4.78 is 2.71. The highest BCUT2D eigenvalue weighted by Gasteiger charge is 2.36. The maximum atomic E-state index is 12.9. The minimum atomic E-state index is -0.0391. The van der Waals surface area contributed by atoms with Crippen LogP contribution in [0.4, 0.5) is 0 Å². The Bertz CT molecular complexity index is 880. The van der Waals surface area contributed by atoms with Crippen LogP contribution in [-0.2, 0) is 6.54 Å². The van der Waals surface area contributed by atoms with E-state index in [1.807, 2.05) is 21.6 Å². The van der Waals surface area contributed by atoms with Gasteiger partial charge in [-0.3, -0.25) is 9.59 Å². The van der Waals surface area contributed by atoms with Crippen LogP contribution in [0.2, 0.25) is 5.02 Å². The molecule has 0 aliphatic carbocycles. The molecule has 1 amide bonds. The largest absolute Gasteiger partial charge is 0.338 e. The molecular weight excluding hydrogens is 392 g/mol. The van der Waals surface area contributed by atoms with Gasteiger partial charge in [-0.15, -0.1) is 0 Å². The highest BCUT2D eigenvalue weighted by molar-refractivity contribution is 9.10. The third-order valence-electron chi connectivity index (χ3n) is 4.93. The van der Waals surface area contributed by atoms with Gasteiger partial charge in [0, 0.05) is 41.8 Å². The molecule has 0 spiro atoms. The van der Waals surface area contributed by atoms with Gasteiger partial charge in [-0.05, 0) is 36.6 Å². The molecule has 4 rings (SSSR count). The Morgan fingerprint density at radius 2 is 2.00 bits per heavy atom. The lowest BCUT2D eigenvalue weighted by atomic mass is 9.83. The third-order valence-corrected chi connectivity index (χ3v) is 5.75. The number of piperidine rings is 1. The Morgan fingerprint density at radius 3 is 2.83 bits per heavy atom. The summed E-state index contributed by atoms with van der Waals surface area (Å²) in [6, 6.07) is 10.7. The van der Waals surface area contributed by atoms with Crippen LogP contribution >= 0.6 is 27.5 Å². The zero-order chi connectivity index (χ0) is 16.8. The van der Waals surface area contributed by atoms with Crippen molar-refractivity contribution in [3.8, 4) is 0 Å². The van der Waals surface area contributed by atoms with Gasteiger partial charge in [-0.2, -0.15) is 0 Å². The second kappa shape index (κ2) is 6.05. The first-order valence-electron chi connectivity index (χ1n) is 7.97. The summed E-state index contributed by atoms with van der Waals surface area (Å²) >= 11 is 9.62. The fraction of sp³-hybridized carbons (Fsp3) is 0.333. The van der Waals surface area contributed by atoms with Crippen molar-refractivity contribution in [2.24, 2.45) is 5.92 Å². The van der Waals surface area contributed by atoms with Crippen LogP contribution < -0.4 is 5.56 Å². The van der Waals surface area contributed by atoms with Crippen LogP contribution in [0.5, 0.6) is 0 Å². The van der Waals surface area contributed by atoms with E-state index in [0.717, 1.165) is 16.6 Å². The number of carbonyl (C=O) groups is 1. The van der Waals surface area contributed by atoms with E-state index in [1.165, 1.54) is 0 Å². The Balaban J connectivity index is 1.65. The number of halogens is 2. The molecule has 2 aliphatic rings. The number of benzene rings is 1. The molecule has 0 radical (unpaired) electrons. The smallest absolute Gasteiger partial charge is 0.255 e. The van der Waals surface area contributed by atoms with E-state index in [9.17, 15) is 9.59 Å². The first-order chi connectivity index (χ1) is 11.5. The van der Waals surface area contributed by atoms with Crippen molar-refractivity contribution in [2.45, 2.75) is 18.9 Å². The molecule has 2 atom stereocenters. The summed E-state index contributed by atoms with van der Waals surface area (Å²) in [7, 11) is 0. The van der Waals surface area contributed by atoms with Crippen molar-refractivity contribution in [3.63, 3.8) is 0 Å². The van der Waals surface area contributed by atoms with E-state index >= 15 is 0 Å². The van der Waals surface area contributed by atoms with Gasteiger partial charge in [-0.1, -0.05) is 33.6 Å². The maximum Gasteiger partial charge on any atom is 0.255 e. The van der Waals surface area contributed by atoms with Crippen LogP contribution in [0.1, 0.15) is 28.4 Å². The topological polar surface area (TPSA) is 42.3 Å². The van der Waals surface area contributed by atoms with Crippen LogP contribution in [0.15, 0.2) is 45.7 Å². The Morgan fingerprint density at radius 1 is 1.17 bits per heavy atom. The number of fused-ring (bicyclic) bond motifs is 4. The molecular formula is C18H16BrClN2O2. The van der Waals surface area contributed by atoms with E-state index in [0.29, 0.717) is 36.1 Å². The first-order valence-corrected chi connectivity index (χ1v) is 9.14. The number of rotatable bonds is 1. The monoisotopic (exact) mass is 406 g/mol. The second-order valence-corrected chi connectivity index (χ2v) is 7.86. The number of likely N-dealkylation sites (tertiary alicyclic amines) is 1. The minimum Gasteiger partial charge on any atom is -0.338 e. The molecule has 24 heavy (non-hydrogen) atoms. The van der Waals surface area contributed by atoms with Gasteiger partial charge >= 0.3 is 0 Å². The fourth-order valence-corrected chi connectivity index (χ4v) is 4.45. The molecule has 0 saturated carbocycles. The lowest BCUT2D eigenvalue weighted by molar-refractivity contribution is 0.0594. The number of aromatic nitrogens is 1. The molecule has 3 heterocycles. The summed E-state index contributed by atoms with van der Waals surface area (Å²) in [5.41, 5.74) is 1.62. The first kappa shape index (κ1) is 15.9. The number of nitrogens with zero attached hydrogens (tertiary/aromatic N) is 2. The molecule has 2 bridgehead atoms. The summed E-state index contributed by atoms with van der Waals surface area (Å²) in [4.78, 5) is 26.9. The lowest BCUT2D eigenvalue weighted by Gasteiger charge is -2.42. The van der Waals surface area contributed by atoms with E-state index < -0.39 is 0 Å². The van der Waals surface area contributed by atoms with Gasteiger partial charge in [0.25, 0.3) is 11.5 Å². The summed E-state index contributed by atoms with van der Waals surface area (Å²) in [5, 5.41) is 0.468. The molecule has 0 N–H and O–H groups in total. The molecule has 124 valence electrons. The van der Waals surface area contributed by atoms with Gasteiger partial charge in [0.1, 0.15) is 0 Å². The van der Waals surface area contributed by atoms with Crippen molar-refractivity contribution < 1.29 is 4.79 Å². The molecule has 4 nitrogen and oxygen atoms in total. The lowest BCUT2D eigenvalue weighted by Crippen LogP contribution is -2.49. The van der Waals surface area contributed by atoms with Crippen LogP contribution in [0.25, 0.3) is 0 Å². The average molecular weight is 408 g/mol. The zero-order valence-electron chi connectivity index (χ0n) is 12.9. The molecule has 2 unspecified atom stereocenters. The van der Waals surface area contributed by atoms with Crippen LogP contribution in [0.3, 0.4) is 0 Å².